The van der Waals surface area contributed by atoms with Gasteiger partial charge in [0.25, 0.3) is 0 Å². The molecule has 4 fully saturated rings. The van der Waals surface area contributed by atoms with E-state index >= 15 is 0 Å². The molecule has 0 aromatic heterocycles. The molecule has 0 amide bonds. The fourth-order valence-electron chi connectivity index (χ4n) is 6.36. The second-order valence-corrected chi connectivity index (χ2v) is 10.8. The zero-order valence-electron chi connectivity index (χ0n) is 15.5. The predicted octanol–water partition coefficient (Wildman–Crippen LogP) is 4.66. The van der Waals surface area contributed by atoms with Crippen LogP contribution in [0.4, 0.5) is 0 Å². The van der Waals surface area contributed by atoms with E-state index in [1.165, 1.54) is 38.5 Å². The van der Waals surface area contributed by atoms with Crippen molar-refractivity contribution in [2.45, 2.75) is 76.2 Å². The van der Waals surface area contributed by atoms with Crippen LogP contribution in [0.3, 0.4) is 0 Å². The molecule has 1 unspecified atom stereocenters. The molecule has 3 nitrogen and oxygen atoms in total. The van der Waals surface area contributed by atoms with Gasteiger partial charge in [-0.15, -0.1) is 0 Å². The molecular formula is C21H31NO2S. The summed E-state index contributed by atoms with van der Waals surface area (Å²) < 4.78 is 29.2. The van der Waals surface area contributed by atoms with Crippen molar-refractivity contribution < 1.29 is 8.42 Å². The highest BCUT2D eigenvalue weighted by Crippen LogP contribution is 2.61. The molecule has 0 radical (unpaired) electrons. The van der Waals surface area contributed by atoms with Crippen LogP contribution in [0.5, 0.6) is 0 Å². The van der Waals surface area contributed by atoms with Crippen LogP contribution in [0, 0.1) is 30.1 Å². The van der Waals surface area contributed by atoms with E-state index < -0.39 is 10.0 Å². The topological polar surface area (TPSA) is 46.2 Å². The maximum atomic E-state index is 13.0. The first-order valence-corrected chi connectivity index (χ1v) is 11.5. The molecule has 1 aromatic rings. The standard InChI is InChI=1S/C21H31NO2S/c1-3-4-20(22-25(23,24)19-7-5-15(2)6-8-19)21-12-16-9-17(13-21)11-18(10-16)14-21/h5-8,16-18,20,22H,3-4,9-14H2,1-2H3. The van der Waals surface area contributed by atoms with E-state index in [0.29, 0.717) is 4.90 Å². The highest BCUT2D eigenvalue weighted by atomic mass is 32.2. The van der Waals surface area contributed by atoms with Gasteiger partial charge in [0.1, 0.15) is 0 Å². The molecule has 1 atom stereocenters. The summed E-state index contributed by atoms with van der Waals surface area (Å²) in [6.07, 6.45) is 9.87. The molecule has 0 heterocycles. The van der Waals surface area contributed by atoms with Crippen LogP contribution in [0.1, 0.15) is 63.9 Å². The Balaban J connectivity index is 1.60. The normalized spacial score (nSPS) is 35.0. The Bertz CT molecular complexity index is 687. The minimum absolute atomic E-state index is 0.0946. The monoisotopic (exact) mass is 361 g/mol. The second-order valence-electron chi connectivity index (χ2n) is 9.06. The van der Waals surface area contributed by atoms with Gasteiger partial charge in [-0.25, -0.2) is 13.1 Å². The van der Waals surface area contributed by atoms with Crippen molar-refractivity contribution in [3.05, 3.63) is 29.8 Å². The molecule has 4 heteroatoms. The Morgan fingerprint density at radius 2 is 1.56 bits per heavy atom. The molecular weight excluding hydrogens is 330 g/mol. The zero-order chi connectivity index (χ0) is 17.7. The molecule has 4 saturated carbocycles. The number of rotatable bonds is 6. The molecule has 0 saturated heterocycles. The Morgan fingerprint density at radius 3 is 2.04 bits per heavy atom. The summed E-state index contributed by atoms with van der Waals surface area (Å²) in [5.41, 5.74) is 1.30. The molecule has 1 aromatic carbocycles. The number of aryl methyl sites for hydroxylation is 1. The average Bonchev–Trinajstić information content (AvgIpc) is 2.53. The van der Waals surface area contributed by atoms with Gasteiger partial charge in [-0.05, 0) is 87.2 Å². The number of sulfonamides is 1. The second kappa shape index (κ2) is 6.38. The van der Waals surface area contributed by atoms with Gasteiger partial charge in [-0.2, -0.15) is 0 Å². The highest BCUT2D eigenvalue weighted by molar-refractivity contribution is 7.89. The first-order valence-electron chi connectivity index (χ1n) is 9.99. The third-order valence-electron chi connectivity index (χ3n) is 7.03. The van der Waals surface area contributed by atoms with Gasteiger partial charge < -0.3 is 0 Å². The lowest BCUT2D eigenvalue weighted by molar-refractivity contribution is -0.0712. The smallest absolute Gasteiger partial charge is 0.208 e. The minimum Gasteiger partial charge on any atom is -0.208 e. The molecule has 25 heavy (non-hydrogen) atoms. The fourth-order valence-corrected chi connectivity index (χ4v) is 7.73. The lowest BCUT2D eigenvalue weighted by atomic mass is 9.47. The van der Waals surface area contributed by atoms with Crippen molar-refractivity contribution in [2.75, 3.05) is 0 Å². The van der Waals surface area contributed by atoms with E-state index in [4.69, 9.17) is 0 Å². The van der Waals surface area contributed by atoms with Gasteiger partial charge in [0.15, 0.2) is 0 Å². The van der Waals surface area contributed by atoms with Crippen LogP contribution in [-0.2, 0) is 10.0 Å². The number of hydrogen-bond acceptors (Lipinski definition) is 2. The van der Waals surface area contributed by atoms with Crippen molar-refractivity contribution in [1.29, 1.82) is 0 Å². The van der Waals surface area contributed by atoms with Crippen molar-refractivity contribution in [2.24, 2.45) is 23.2 Å². The van der Waals surface area contributed by atoms with Crippen LogP contribution in [0.2, 0.25) is 0 Å². The summed E-state index contributed by atoms with van der Waals surface area (Å²) in [7, 11) is -3.44. The van der Waals surface area contributed by atoms with Crippen LogP contribution in [-0.4, -0.2) is 14.5 Å². The largest absolute Gasteiger partial charge is 0.240 e. The Kier molecular flexibility index (Phi) is 4.48. The van der Waals surface area contributed by atoms with Crippen molar-refractivity contribution in [3.63, 3.8) is 0 Å². The van der Waals surface area contributed by atoms with E-state index in [0.717, 1.165) is 36.2 Å². The maximum absolute atomic E-state index is 13.0. The molecule has 4 aliphatic carbocycles. The molecule has 0 aliphatic heterocycles. The van der Waals surface area contributed by atoms with Gasteiger partial charge in [-0.1, -0.05) is 31.0 Å². The van der Waals surface area contributed by atoms with Crippen LogP contribution in [0.15, 0.2) is 29.2 Å². The van der Waals surface area contributed by atoms with E-state index in [2.05, 4.69) is 11.6 Å². The molecule has 5 rings (SSSR count). The van der Waals surface area contributed by atoms with Crippen LogP contribution in [0.25, 0.3) is 0 Å². The molecule has 4 bridgehead atoms. The van der Waals surface area contributed by atoms with Gasteiger partial charge in [-0.3, -0.25) is 0 Å². The Hall–Kier alpha value is -0.870. The maximum Gasteiger partial charge on any atom is 0.240 e. The first-order chi connectivity index (χ1) is 11.9. The van der Waals surface area contributed by atoms with Crippen molar-refractivity contribution in [3.8, 4) is 0 Å². The van der Waals surface area contributed by atoms with Crippen molar-refractivity contribution >= 4 is 10.0 Å². The summed E-state index contributed by atoms with van der Waals surface area (Å²) in [5, 5.41) is 0. The lowest BCUT2D eigenvalue weighted by Crippen LogP contribution is -2.56. The van der Waals surface area contributed by atoms with Gasteiger partial charge in [0.05, 0.1) is 4.90 Å². The van der Waals surface area contributed by atoms with E-state index in [1.807, 2.05) is 19.1 Å². The summed E-state index contributed by atoms with van der Waals surface area (Å²) >= 11 is 0. The minimum atomic E-state index is -3.44. The quantitative estimate of drug-likeness (QED) is 0.801. The van der Waals surface area contributed by atoms with Gasteiger partial charge >= 0.3 is 0 Å². The number of nitrogens with one attached hydrogen (secondary N) is 1. The van der Waals surface area contributed by atoms with Crippen molar-refractivity contribution in [1.82, 2.24) is 4.72 Å². The SMILES string of the molecule is CCCC(NS(=O)(=O)c1ccc(C)cc1)C12CC3CC(CC(C3)C1)C2. The third-order valence-corrected chi connectivity index (χ3v) is 8.52. The zero-order valence-corrected chi connectivity index (χ0v) is 16.3. The van der Waals surface area contributed by atoms with Crippen LogP contribution < -0.4 is 4.72 Å². The van der Waals surface area contributed by atoms with E-state index in [9.17, 15) is 8.42 Å². The first kappa shape index (κ1) is 17.5. The third kappa shape index (κ3) is 3.28. The number of benzene rings is 1. The Morgan fingerprint density at radius 1 is 1.04 bits per heavy atom. The molecule has 1 N–H and O–H groups in total. The highest BCUT2D eigenvalue weighted by Gasteiger charge is 2.54. The summed E-state index contributed by atoms with van der Waals surface area (Å²) in [6, 6.07) is 7.33. The molecule has 4 aliphatic rings. The Labute approximate surface area is 152 Å². The summed E-state index contributed by atoms with van der Waals surface area (Å²) in [5.74, 6) is 2.53. The number of hydrogen-bond donors (Lipinski definition) is 1. The van der Waals surface area contributed by atoms with Crippen LogP contribution >= 0.6 is 0 Å². The van der Waals surface area contributed by atoms with Gasteiger partial charge in [0.2, 0.25) is 10.0 Å². The molecule has 138 valence electrons. The summed E-state index contributed by atoms with van der Waals surface area (Å²) in [4.78, 5) is 0.406. The lowest BCUT2D eigenvalue weighted by Gasteiger charge is -2.59. The summed E-state index contributed by atoms with van der Waals surface area (Å²) in [6.45, 7) is 4.16. The van der Waals surface area contributed by atoms with E-state index in [-0.39, 0.29) is 11.5 Å². The fraction of sp³-hybridized carbons (Fsp3) is 0.714. The average molecular weight is 362 g/mol. The van der Waals surface area contributed by atoms with E-state index in [1.54, 1.807) is 12.1 Å². The van der Waals surface area contributed by atoms with Gasteiger partial charge in [0, 0.05) is 6.04 Å². The molecule has 0 spiro atoms. The predicted molar refractivity (Wildman–Crippen MR) is 101 cm³/mol.